The molecule has 1 aromatic heterocycles. The molecule has 0 spiro atoms. The van der Waals surface area contributed by atoms with Crippen molar-refractivity contribution in [2.75, 3.05) is 11.9 Å². The fourth-order valence-electron chi connectivity index (χ4n) is 2.86. The summed E-state index contributed by atoms with van der Waals surface area (Å²) in [6, 6.07) is 18.3. The number of hydrogen-bond donors (Lipinski definition) is 2. The molecule has 0 saturated heterocycles. The van der Waals surface area contributed by atoms with Crippen LogP contribution in [0.1, 0.15) is 33.5 Å². The highest BCUT2D eigenvalue weighted by Crippen LogP contribution is 2.19. The molecule has 3 aromatic rings. The van der Waals surface area contributed by atoms with E-state index in [1.54, 1.807) is 12.4 Å². The molecule has 0 radical (unpaired) electrons. The molecular weight excluding hydrogens is 334 g/mol. The largest absolute Gasteiger partial charge is 0.354 e. The minimum atomic E-state index is -0.0979. The van der Waals surface area contributed by atoms with Gasteiger partial charge < -0.3 is 10.6 Å². The number of nitrogens with zero attached hydrogens (tertiary/aromatic N) is 1. The number of hydrogen-bond acceptors (Lipinski definition) is 3. The molecule has 1 amide bonds. The second-order valence-electron chi connectivity index (χ2n) is 6.73. The topological polar surface area (TPSA) is 54.0 Å². The van der Waals surface area contributed by atoms with E-state index in [4.69, 9.17) is 0 Å². The van der Waals surface area contributed by atoms with Gasteiger partial charge in [0.05, 0.1) is 17.4 Å². The molecule has 0 fully saturated rings. The number of carbonyl (C=O) groups is 1. The van der Waals surface area contributed by atoms with E-state index in [2.05, 4.69) is 53.7 Å². The van der Waals surface area contributed by atoms with Crippen LogP contribution < -0.4 is 10.6 Å². The van der Waals surface area contributed by atoms with Crippen LogP contribution in [0.4, 0.5) is 11.4 Å². The Labute approximate surface area is 160 Å². The van der Waals surface area contributed by atoms with E-state index in [1.165, 1.54) is 16.7 Å². The molecule has 1 heterocycles. The summed E-state index contributed by atoms with van der Waals surface area (Å²) >= 11 is 0. The monoisotopic (exact) mass is 359 g/mol. The summed E-state index contributed by atoms with van der Waals surface area (Å²) in [4.78, 5) is 16.6. The van der Waals surface area contributed by atoms with E-state index in [0.29, 0.717) is 12.1 Å². The van der Waals surface area contributed by atoms with Gasteiger partial charge in [0, 0.05) is 18.4 Å². The molecule has 0 bridgehead atoms. The minimum absolute atomic E-state index is 0.0979. The molecule has 2 aromatic carbocycles. The average molecular weight is 359 g/mol. The summed E-state index contributed by atoms with van der Waals surface area (Å²) in [5, 5.41) is 6.28. The maximum absolute atomic E-state index is 12.4. The zero-order chi connectivity index (χ0) is 19.1. The number of aromatic nitrogens is 1. The molecule has 138 valence electrons. The third kappa shape index (κ3) is 5.42. The van der Waals surface area contributed by atoms with Gasteiger partial charge in [0.2, 0.25) is 0 Å². The number of benzene rings is 2. The van der Waals surface area contributed by atoms with Crippen LogP contribution in [0.2, 0.25) is 0 Å². The number of rotatable bonds is 7. The van der Waals surface area contributed by atoms with Crippen molar-refractivity contribution < 1.29 is 4.79 Å². The highest BCUT2D eigenvalue weighted by atomic mass is 16.1. The number of carbonyl (C=O) groups excluding carboxylic acids is 1. The van der Waals surface area contributed by atoms with Crippen molar-refractivity contribution in [3.63, 3.8) is 0 Å². The Morgan fingerprint density at radius 2 is 1.74 bits per heavy atom. The van der Waals surface area contributed by atoms with E-state index in [9.17, 15) is 4.79 Å². The highest BCUT2D eigenvalue weighted by molar-refractivity contribution is 5.94. The second-order valence-corrected chi connectivity index (χ2v) is 6.73. The Hall–Kier alpha value is -3.14. The Balaban J connectivity index is 1.54. The predicted molar refractivity (Wildman–Crippen MR) is 111 cm³/mol. The summed E-state index contributed by atoms with van der Waals surface area (Å²) in [5.41, 5.74) is 6.11. The SMILES string of the molecule is Cc1ccc(Nc2cncc(C(=O)NCCCc3ccccc3)c2)cc1C. The molecule has 2 N–H and O–H groups in total. The summed E-state index contributed by atoms with van der Waals surface area (Å²) in [6.45, 7) is 4.81. The Bertz CT molecular complexity index is 907. The molecule has 0 aliphatic heterocycles. The number of aryl methyl sites for hydroxylation is 3. The molecule has 0 aliphatic carbocycles. The summed E-state index contributed by atoms with van der Waals surface area (Å²) in [5.74, 6) is -0.0979. The van der Waals surface area contributed by atoms with Crippen LogP contribution in [0.5, 0.6) is 0 Å². The van der Waals surface area contributed by atoms with Gasteiger partial charge in [-0.25, -0.2) is 0 Å². The summed E-state index contributed by atoms with van der Waals surface area (Å²) in [7, 11) is 0. The average Bonchev–Trinajstić information content (AvgIpc) is 2.69. The summed E-state index contributed by atoms with van der Waals surface area (Å²) in [6.07, 6.45) is 5.18. The van der Waals surface area contributed by atoms with Crippen molar-refractivity contribution in [1.82, 2.24) is 10.3 Å². The molecule has 3 rings (SSSR count). The molecule has 0 saturated carbocycles. The first-order chi connectivity index (χ1) is 13.1. The molecule has 4 heteroatoms. The van der Waals surface area contributed by atoms with Crippen molar-refractivity contribution in [3.8, 4) is 0 Å². The highest BCUT2D eigenvalue weighted by Gasteiger charge is 2.07. The van der Waals surface area contributed by atoms with E-state index < -0.39 is 0 Å². The Morgan fingerprint density at radius 1 is 0.926 bits per heavy atom. The van der Waals surface area contributed by atoms with Crippen molar-refractivity contribution in [3.05, 3.63) is 89.2 Å². The Kier molecular flexibility index (Phi) is 6.21. The van der Waals surface area contributed by atoms with Gasteiger partial charge in [-0.1, -0.05) is 36.4 Å². The van der Waals surface area contributed by atoms with Crippen molar-refractivity contribution in [1.29, 1.82) is 0 Å². The number of nitrogens with one attached hydrogen (secondary N) is 2. The van der Waals surface area contributed by atoms with Crippen molar-refractivity contribution >= 4 is 17.3 Å². The fraction of sp³-hybridized carbons (Fsp3) is 0.217. The quantitative estimate of drug-likeness (QED) is 0.596. The lowest BCUT2D eigenvalue weighted by atomic mass is 10.1. The Morgan fingerprint density at radius 3 is 2.52 bits per heavy atom. The maximum Gasteiger partial charge on any atom is 0.252 e. The smallest absolute Gasteiger partial charge is 0.252 e. The first-order valence-corrected chi connectivity index (χ1v) is 9.23. The van der Waals surface area contributed by atoms with Gasteiger partial charge in [-0.05, 0) is 61.6 Å². The molecular formula is C23H25N3O. The summed E-state index contributed by atoms with van der Waals surface area (Å²) < 4.78 is 0. The first kappa shape index (κ1) is 18.6. The van der Waals surface area contributed by atoms with Gasteiger partial charge in [-0.15, -0.1) is 0 Å². The third-order valence-corrected chi connectivity index (χ3v) is 4.57. The maximum atomic E-state index is 12.4. The van der Waals surface area contributed by atoms with Crippen LogP contribution in [0.3, 0.4) is 0 Å². The zero-order valence-corrected chi connectivity index (χ0v) is 15.8. The van der Waals surface area contributed by atoms with Crippen molar-refractivity contribution in [2.24, 2.45) is 0 Å². The zero-order valence-electron chi connectivity index (χ0n) is 15.8. The van der Waals surface area contributed by atoms with Crippen LogP contribution in [-0.4, -0.2) is 17.4 Å². The van der Waals surface area contributed by atoms with E-state index in [-0.39, 0.29) is 5.91 Å². The molecule has 0 atom stereocenters. The first-order valence-electron chi connectivity index (χ1n) is 9.23. The molecule has 0 unspecified atom stereocenters. The molecule has 0 aliphatic rings. The minimum Gasteiger partial charge on any atom is -0.354 e. The van der Waals surface area contributed by atoms with E-state index in [0.717, 1.165) is 24.2 Å². The van der Waals surface area contributed by atoms with Crippen LogP contribution in [0.15, 0.2) is 67.0 Å². The normalized spacial score (nSPS) is 10.4. The lowest BCUT2D eigenvalue weighted by molar-refractivity contribution is 0.0953. The van der Waals surface area contributed by atoms with Crippen LogP contribution in [-0.2, 0) is 6.42 Å². The van der Waals surface area contributed by atoms with Gasteiger partial charge in [0.25, 0.3) is 5.91 Å². The lowest BCUT2D eigenvalue weighted by Crippen LogP contribution is -2.25. The van der Waals surface area contributed by atoms with Crippen LogP contribution in [0, 0.1) is 13.8 Å². The van der Waals surface area contributed by atoms with Gasteiger partial charge in [-0.3, -0.25) is 9.78 Å². The second kappa shape index (κ2) is 8.99. The van der Waals surface area contributed by atoms with E-state index >= 15 is 0 Å². The number of anilines is 2. The predicted octanol–water partition coefficient (Wildman–Crippen LogP) is 4.80. The van der Waals surface area contributed by atoms with Gasteiger partial charge in [-0.2, -0.15) is 0 Å². The standard InChI is InChI=1S/C23H25N3O/c1-17-10-11-21(13-18(17)2)26-22-14-20(15-24-16-22)23(27)25-12-6-9-19-7-4-3-5-8-19/h3-5,7-8,10-11,13-16,26H,6,9,12H2,1-2H3,(H,25,27). The van der Waals surface area contributed by atoms with Gasteiger partial charge in [0.1, 0.15) is 0 Å². The van der Waals surface area contributed by atoms with Gasteiger partial charge >= 0.3 is 0 Å². The van der Waals surface area contributed by atoms with Crippen LogP contribution in [0.25, 0.3) is 0 Å². The van der Waals surface area contributed by atoms with Crippen molar-refractivity contribution in [2.45, 2.75) is 26.7 Å². The lowest BCUT2D eigenvalue weighted by Gasteiger charge is -2.10. The molecule has 4 nitrogen and oxygen atoms in total. The van der Waals surface area contributed by atoms with Crippen LogP contribution >= 0.6 is 0 Å². The number of pyridine rings is 1. The molecule has 27 heavy (non-hydrogen) atoms. The number of amides is 1. The van der Waals surface area contributed by atoms with Gasteiger partial charge in [0.15, 0.2) is 0 Å². The van der Waals surface area contributed by atoms with E-state index in [1.807, 2.05) is 30.3 Å². The third-order valence-electron chi connectivity index (χ3n) is 4.57. The fourth-order valence-corrected chi connectivity index (χ4v) is 2.86.